The Morgan fingerprint density at radius 2 is 1.74 bits per heavy atom. The Hall–Kier alpha value is -2.37. The van der Waals surface area contributed by atoms with Gasteiger partial charge in [-0.15, -0.1) is 0 Å². The molecular weight excluding hydrogens is 306 g/mol. The number of nitriles is 2. The van der Waals surface area contributed by atoms with Crippen molar-refractivity contribution in [2.45, 2.75) is 0 Å². The SMILES string of the molecule is COc1nc(Br)c(C#N)c(-c2ccccc2)c1C#N. The highest BCUT2D eigenvalue weighted by atomic mass is 79.9. The van der Waals surface area contributed by atoms with Crippen molar-refractivity contribution < 1.29 is 4.74 Å². The van der Waals surface area contributed by atoms with Gasteiger partial charge in [-0.25, -0.2) is 4.98 Å². The van der Waals surface area contributed by atoms with Crippen molar-refractivity contribution in [1.82, 2.24) is 4.98 Å². The molecule has 0 fully saturated rings. The molecule has 2 aromatic rings. The molecule has 1 aromatic carbocycles. The normalized spacial score (nSPS) is 9.47. The third kappa shape index (κ3) is 2.29. The van der Waals surface area contributed by atoms with Gasteiger partial charge in [-0.2, -0.15) is 10.5 Å². The Bertz CT molecular complexity index is 699. The van der Waals surface area contributed by atoms with Crippen LogP contribution in [0.15, 0.2) is 34.9 Å². The number of halogens is 1. The van der Waals surface area contributed by atoms with Gasteiger partial charge in [-0.05, 0) is 21.5 Å². The number of hydrogen-bond acceptors (Lipinski definition) is 4. The molecule has 0 unspecified atom stereocenters. The van der Waals surface area contributed by atoms with Crippen LogP contribution in [-0.2, 0) is 0 Å². The minimum absolute atomic E-state index is 0.201. The van der Waals surface area contributed by atoms with E-state index in [2.05, 4.69) is 33.1 Å². The Balaban J connectivity index is 2.88. The van der Waals surface area contributed by atoms with Gasteiger partial charge in [0.25, 0.3) is 0 Å². The van der Waals surface area contributed by atoms with Crippen LogP contribution in [0.2, 0.25) is 0 Å². The molecule has 1 aromatic heterocycles. The molecule has 4 nitrogen and oxygen atoms in total. The average molecular weight is 314 g/mol. The summed E-state index contributed by atoms with van der Waals surface area (Å²) >= 11 is 3.24. The zero-order valence-electron chi connectivity index (χ0n) is 10.0. The van der Waals surface area contributed by atoms with E-state index in [9.17, 15) is 10.5 Å². The van der Waals surface area contributed by atoms with Crippen molar-refractivity contribution in [3.63, 3.8) is 0 Å². The standard InChI is InChI=1S/C14H8BrN3O/c1-19-14-11(8-17)12(9-5-3-2-4-6-9)10(7-16)13(15)18-14/h2-6H,1H3. The first-order valence-electron chi connectivity index (χ1n) is 5.36. The number of ether oxygens (including phenoxy) is 1. The molecule has 0 aliphatic heterocycles. The number of pyridine rings is 1. The molecule has 0 atom stereocenters. The van der Waals surface area contributed by atoms with Gasteiger partial charge in [0.15, 0.2) is 0 Å². The maximum atomic E-state index is 9.31. The van der Waals surface area contributed by atoms with Crippen LogP contribution in [-0.4, -0.2) is 12.1 Å². The van der Waals surface area contributed by atoms with Crippen LogP contribution in [0.5, 0.6) is 5.88 Å². The molecule has 0 saturated heterocycles. The van der Waals surface area contributed by atoms with Crippen molar-refractivity contribution in [2.75, 3.05) is 7.11 Å². The highest BCUT2D eigenvalue weighted by Crippen LogP contribution is 2.35. The summed E-state index contributed by atoms with van der Waals surface area (Å²) in [6, 6.07) is 13.4. The van der Waals surface area contributed by atoms with E-state index >= 15 is 0 Å². The van der Waals surface area contributed by atoms with Crippen LogP contribution < -0.4 is 4.74 Å². The van der Waals surface area contributed by atoms with Gasteiger partial charge in [0.05, 0.1) is 12.7 Å². The predicted molar refractivity (Wildman–Crippen MR) is 73.4 cm³/mol. The monoisotopic (exact) mass is 313 g/mol. The molecule has 92 valence electrons. The van der Waals surface area contributed by atoms with E-state index in [0.717, 1.165) is 5.56 Å². The van der Waals surface area contributed by atoms with Crippen LogP contribution in [0, 0.1) is 22.7 Å². The van der Waals surface area contributed by atoms with Crippen LogP contribution in [0.3, 0.4) is 0 Å². The van der Waals surface area contributed by atoms with Crippen LogP contribution in [0.1, 0.15) is 11.1 Å². The van der Waals surface area contributed by atoms with Crippen molar-refractivity contribution in [3.05, 3.63) is 46.1 Å². The Labute approximate surface area is 119 Å². The molecule has 0 radical (unpaired) electrons. The van der Waals surface area contributed by atoms with Gasteiger partial charge in [0, 0.05) is 5.56 Å². The van der Waals surface area contributed by atoms with E-state index in [1.165, 1.54) is 7.11 Å². The van der Waals surface area contributed by atoms with Gasteiger partial charge in [-0.1, -0.05) is 30.3 Å². The van der Waals surface area contributed by atoms with E-state index in [1.54, 1.807) is 0 Å². The first-order valence-corrected chi connectivity index (χ1v) is 6.15. The second-order valence-electron chi connectivity index (χ2n) is 3.63. The van der Waals surface area contributed by atoms with Crippen molar-refractivity contribution in [2.24, 2.45) is 0 Å². The summed E-state index contributed by atoms with van der Waals surface area (Å²) in [5.41, 5.74) is 1.89. The molecule has 1 heterocycles. The molecule has 0 N–H and O–H groups in total. The maximum Gasteiger partial charge on any atom is 0.233 e. The van der Waals surface area contributed by atoms with Crippen molar-refractivity contribution in [1.29, 1.82) is 10.5 Å². The molecular formula is C14H8BrN3O. The van der Waals surface area contributed by atoms with E-state index in [-0.39, 0.29) is 11.4 Å². The lowest BCUT2D eigenvalue weighted by atomic mass is 9.97. The lowest BCUT2D eigenvalue weighted by Gasteiger charge is -2.11. The molecule has 0 amide bonds. The fourth-order valence-corrected chi connectivity index (χ4v) is 2.23. The quantitative estimate of drug-likeness (QED) is 0.798. The molecule has 0 aliphatic rings. The molecule has 0 saturated carbocycles. The summed E-state index contributed by atoms with van der Waals surface area (Å²) in [5.74, 6) is 0.201. The third-order valence-electron chi connectivity index (χ3n) is 2.60. The molecule has 2 rings (SSSR count). The van der Waals surface area contributed by atoms with Crippen LogP contribution in [0.4, 0.5) is 0 Å². The summed E-state index contributed by atoms with van der Waals surface area (Å²) in [4.78, 5) is 4.07. The Kier molecular flexibility index (Phi) is 3.79. The lowest BCUT2D eigenvalue weighted by Crippen LogP contribution is -1.99. The van der Waals surface area contributed by atoms with Crippen LogP contribution >= 0.6 is 15.9 Å². The number of rotatable bonds is 2. The average Bonchev–Trinajstić information content (AvgIpc) is 2.46. The Morgan fingerprint density at radius 3 is 2.26 bits per heavy atom. The van der Waals surface area contributed by atoms with E-state index in [4.69, 9.17) is 4.74 Å². The van der Waals surface area contributed by atoms with Crippen LogP contribution in [0.25, 0.3) is 11.1 Å². The van der Waals surface area contributed by atoms with E-state index < -0.39 is 0 Å². The molecule has 0 spiro atoms. The smallest absolute Gasteiger partial charge is 0.233 e. The largest absolute Gasteiger partial charge is 0.480 e. The second-order valence-corrected chi connectivity index (χ2v) is 4.38. The van der Waals surface area contributed by atoms with Gasteiger partial charge >= 0.3 is 0 Å². The number of nitrogens with zero attached hydrogens (tertiary/aromatic N) is 3. The fourth-order valence-electron chi connectivity index (χ4n) is 1.78. The summed E-state index contributed by atoms with van der Waals surface area (Å²) in [6.07, 6.45) is 0. The number of benzene rings is 1. The van der Waals surface area contributed by atoms with Gasteiger partial charge in [-0.3, -0.25) is 0 Å². The number of aromatic nitrogens is 1. The first-order chi connectivity index (χ1) is 9.22. The molecule has 19 heavy (non-hydrogen) atoms. The van der Waals surface area contributed by atoms with Crippen molar-refractivity contribution in [3.8, 4) is 29.1 Å². The van der Waals surface area contributed by atoms with Crippen molar-refractivity contribution >= 4 is 15.9 Å². The molecule has 0 bridgehead atoms. The summed E-state index contributed by atoms with van der Waals surface area (Å²) in [6.45, 7) is 0. The molecule has 5 heteroatoms. The second kappa shape index (κ2) is 5.51. The Morgan fingerprint density at radius 1 is 1.11 bits per heavy atom. The zero-order chi connectivity index (χ0) is 13.8. The number of hydrogen-bond donors (Lipinski definition) is 0. The minimum Gasteiger partial charge on any atom is -0.480 e. The topological polar surface area (TPSA) is 69.7 Å². The van der Waals surface area contributed by atoms with Gasteiger partial charge in [0.2, 0.25) is 5.88 Å². The summed E-state index contributed by atoms with van der Waals surface area (Å²) in [5, 5.41) is 18.6. The van der Waals surface area contributed by atoms with E-state index in [0.29, 0.717) is 15.7 Å². The first kappa shape index (κ1) is 13.1. The molecule has 0 aliphatic carbocycles. The number of methoxy groups -OCH3 is 1. The lowest BCUT2D eigenvalue weighted by molar-refractivity contribution is 0.396. The van der Waals surface area contributed by atoms with E-state index in [1.807, 2.05) is 30.3 Å². The zero-order valence-corrected chi connectivity index (χ0v) is 11.6. The summed E-state index contributed by atoms with van der Waals surface area (Å²) < 4.78 is 5.47. The highest BCUT2D eigenvalue weighted by molar-refractivity contribution is 9.10. The fraction of sp³-hybridized carbons (Fsp3) is 0.0714. The minimum atomic E-state index is 0.201. The third-order valence-corrected chi connectivity index (χ3v) is 3.17. The van der Waals surface area contributed by atoms with Gasteiger partial charge < -0.3 is 4.74 Å². The highest BCUT2D eigenvalue weighted by Gasteiger charge is 2.20. The predicted octanol–water partition coefficient (Wildman–Crippen LogP) is 3.26. The van der Waals surface area contributed by atoms with Gasteiger partial charge in [0.1, 0.15) is 22.3 Å². The maximum absolute atomic E-state index is 9.31. The summed E-state index contributed by atoms with van der Waals surface area (Å²) in [7, 11) is 1.44.